The first-order valence-corrected chi connectivity index (χ1v) is 6.97. The van der Waals surface area contributed by atoms with Crippen molar-refractivity contribution < 1.29 is 0 Å². The molecule has 97 valence electrons. The van der Waals surface area contributed by atoms with Gasteiger partial charge < -0.3 is 0 Å². The van der Waals surface area contributed by atoms with Crippen molar-refractivity contribution in [2.24, 2.45) is 0 Å². The van der Waals surface area contributed by atoms with Crippen LogP contribution >= 0.6 is 0 Å². The average Bonchev–Trinajstić information content (AvgIpc) is 2.85. The zero-order valence-corrected chi connectivity index (χ0v) is 11.1. The lowest BCUT2D eigenvalue weighted by molar-refractivity contribution is 0.587. The first-order chi connectivity index (χ1) is 8.90. The summed E-state index contributed by atoms with van der Waals surface area (Å²) in [6, 6.07) is 1.92. The number of aromatic nitrogens is 4. The van der Waals surface area contributed by atoms with Crippen LogP contribution in [0.2, 0.25) is 0 Å². The molecule has 0 saturated heterocycles. The summed E-state index contributed by atoms with van der Waals surface area (Å²) < 4.78 is 1.58. The summed E-state index contributed by atoms with van der Waals surface area (Å²) in [6.45, 7) is 2.25. The SMILES string of the molecule is CCCCCCCCCc1c[c]n2ncnc2n1. The van der Waals surface area contributed by atoms with Crippen molar-refractivity contribution >= 4 is 5.78 Å². The molecule has 2 aromatic rings. The van der Waals surface area contributed by atoms with E-state index in [1.54, 1.807) is 4.52 Å². The molecule has 0 spiro atoms. The van der Waals surface area contributed by atoms with Crippen LogP contribution in [0.25, 0.3) is 5.78 Å². The van der Waals surface area contributed by atoms with E-state index in [2.05, 4.69) is 28.2 Å². The van der Waals surface area contributed by atoms with Crippen LogP contribution in [0.5, 0.6) is 0 Å². The van der Waals surface area contributed by atoms with Crippen molar-refractivity contribution in [2.45, 2.75) is 58.3 Å². The molecule has 0 atom stereocenters. The highest BCUT2D eigenvalue weighted by molar-refractivity contribution is 5.25. The Kier molecular flexibility index (Phi) is 5.12. The lowest BCUT2D eigenvalue weighted by atomic mass is 10.1. The van der Waals surface area contributed by atoms with E-state index in [0.29, 0.717) is 5.78 Å². The number of rotatable bonds is 8. The maximum atomic E-state index is 4.44. The molecule has 0 bridgehead atoms. The fourth-order valence-corrected chi connectivity index (χ4v) is 2.09. The van der Waals surface area contributed by atoms with E-state index >= 15 is 0 Å². The molecule has 0 aliphatic heterocycles. The Morgan fingerprint density at radius 2 is 1.89 bits per heavy atom. The van der Waals surface area contributed by atoms with Gasteiger partial charge in [0.1, 0.15) is 6.33 Å². The van der Waals surface area contributed by atoms with Crippen molar-refractivity contribution in [3.8, 4) is 0 Å². The molecular formula is C14H21N4. The lowest BCUT2D eigenvalue weighted by Gasteiger charge is -2.01. The van der Waals surface area contributed by atoms with Crippen LogP contribution < -0.4 is 0 Å². The lowest BCUT2D eigenvalue weighted by Crippen LogP contribution is -1.96. The van der Waals surface area contributed by atoms with Gasteiger partial charge in [-0.1, -0.05) is 45.4 Å². The summed E-state index contributed by atoms with van der Waals surface area (Å²) in [5.74, 6) is 0.649. The molecule has 2 rings (SSSR count). The molecule has 1 radical (unpaired) electrons. The highest BCUT2D eigenvalue weighted by Gasteiger charge is 2.00. The normalized spacial score (nSPS) is 11.2. The average molecular weight is 245 g/mol. The molecule has 0 aromatic carbocycles. The fraction of sp³-hybridized carbons (Fsp3) is 0.643. The number of aryl methyl sites for hydroxylation is 1. The van der Waals surface area contributed by atoms with E-state index in [9.17, 15) is 0 Å². The second kappa shape index (κ2) is 7.09. The summed E-state index contributed by atoms with van der Waals surface area (Å²) in [6.07, 6.45) is 14.9. The Bertz CT molecular complexity index is 464. The number of unbranched alkanes of at least 4 members (excludes halogenated alkanes) is 6. The van der Waals surface area contributed by atoms with Gasteiger partial charge in [-0.05, 0) is 18.9 Å². The maximum Gasteiger partial charge on any atom is 0.252 e. The van der Waals surface area contributed by atoms with Crippen LogP contribution in [0, 0.1) is 6.20 Å². The van der Waals surface area contributed by atoms with E-state index in [1.807, 2.05) is 6.07 Å². The van der Waals surface area contributed by atoms with E-state index < -0.39 is 0 Å². The summed E-state index contributed by atoms with van der Waals surface area (Å²) in [4.78, 5) is 8.51. The molecule has 0 amide bonds. The van der Waals surface area contributed by atoms with Crippen LogP contribution in [0.4, 0.5) is 0 Å². The number of nitrogens with zero attached hydrogens (tertiary/aromatic N) is 4. The minimum Gasteiger partial charge on any atom is -0.216 e. The van der Waals surface area contributed by atoms with Gasteiger partial charge in [0, 0.05) is 5.69 Å². The second-order valence-electron chi connectivity index (χ2n) is 4.72. The molecule has 18 heavy (non-hydrogen) atoms. The van der Waals surface area contributed by atoms with E-state index in [-0.39, 0.29) is 0 Å². The molecule has 0 saturated carbocycles. The Morgan fingerprint density at radius 3 is 2.72 bits per heavy atom. The van der Waals surface area contributed by atoms with Crippen molar-refractivity contribution in [1.82, 2.24) is 19.6 Å². The molecule has 0 fully saturated rings. The van der Waals surface area contributed by atoms with Gasteiger partial charge in [0.15, 0.2) is 0 Å². The van der Waals surface area contributed by atoms with Crippen molar-refractivity contribution in [2.75, 3.05) is 0 Å². The standard InChI is InChI=1S/C14H21N4/c1-2-3-4-5-6-7-8-9-13-10-11-18-14(17-13)15-12-16-18/h10,12H,2-9H2,1H3. The van der Waals surface area contributed by atoms with Crippen LogP contribution in [-0.4, -0.2) is 19.6 Å². The zero-order valence-electron chi connectivity index (χ0n) is 11.1. The first-order valence-electron chi connectivity index (χ1n) is 6.97. The third-order valence-corrected chi connectivity index (χ3v) is 3.16. The summed E-state index contributed by atoms with van der Waals surface area (Å²) in [5.41, 5.74) is 1.07. The minimum absolute atomic E-state index is 0.649. The van der Waals surface area contributed by atoms with E-state index in [0.717, 1.165) is 12.1 Å². The second-order valence-corrected chi connectivity index (χ2v) is 4.72. The van der Waals surface area contributed by atoms with Crippen LogP contribution in [0.15, 0.2) is 12.4 Å². The van der Waals surface area contributed by atoms with Gasteiger partial charge >= 0.3 is 0 Å². The van der Waals surface area contributed by atoms with E-state index in [4.69, 9.17) is 0 Å². The minimum atomic E-state index is 0.649. The van der Waals surface area contributed by atoms with Crippen molar-refractivity contribution in [1.29, 1.82) is 0 Å². The third-order valence-electron chi connectivity index (χ3n) is 3.16. The summed E-state index contributed by atoms with van der Waals surface area (Å²) in [7, 11) is 0. The molecule has 2 aromatic heterocycles. The Labute approximate surface area is 108 Å². The maximum absolute atomic E-state index is 4.44. The summed E-state index contributed by atoms with van der Waals surface area (Å²) >= 11 is 0. The third kappa shape index (κ3) is 3.79. The molecule has 0 aliphatic carbocycles. The van der Waals surface area contributed by atoms with E-state index in [1.165, 1.54) is 51.3 Å². The Balaban J connectivity index is 1.67. The van der Waals surface area contributed by atoms with Gasteiger partial charge in [0.2, 0.25) is 0 Å². The monoisotopic (exact) mass is 245 g/mol. The smallest absolute Gasteiger partial charge is 0.216 e. The van der Waals surface area contributed by atoms with Crippen LogP contribution in [0.1, 0.15) is 57.6 Å². The van der Waals surface area contributed by atoms with Crippen LogP contribution in [0.3, 0.4) is 0 Å². The molecule has 4 nitrogen and oxygen atoms in total. The fourth-order valence-electron chi connectivity index (χ4n) is 2.09. The van der Waals surface area contributed by atoms with Gasteiger partial charge in [-0.2, -0.15) is 14.6 Å². The largest absolute Gasteiger partial charge is 0.252 e. The van der Waals surface area contributed by atoms with Gasteiger partial charge in [0.25, 0.3) is 5.78 Å². The zero-order chi connectivity index (χ0) is 12.6. The van der Waals surface area contributed by atoms with Gasteiger partial charge in [-0.3, -0.25) is 0 Å². The predicted octanol–water partition coefficient (Wildman–Crippen LogP) is 3.22. The molecule has 0 aliphatic rings. The molecule has 2 heterocycles. The van der Waals surface area contributed by atoms with Gasteiger partial charge in [-0.25, -0.2) is 4.98 Å². The van der Waals surface area contributed by atoms with Crippen LogP contribution in [-0.2, 0) is 6.42 Å². The number of fused-ring (bicyclic) bond motifs is 1. The molecular weight excluding hydrogens is 224 g/mol. The first kappa shape index (κ1) is 13.0. The number of hydrogen-bond donors (Lipinski definition) is 0. The molecule has 0 unspecified atom stereocenters. The Hall–Kier alpha value is -1.45. The predicted molar refractivity (Wildman–Crippen MR) is 71.3 cm³/mol. The summed E-state index contributed by atoms with van der Waals surface area (Å²) in [5, 5.41) is 3.99. The van der Waals surface area contributed by atoms with Gasteiger partial charge in [0.05, 0.1) is 6.20 Å². The van der Waals surface area contributed by atoms with Crippen molar-refractivity contribution in [3.63, 3.8) is 0 Å². The quantitative estimate of drug-likeness (QED) is 0.671. The van der Waals surface area contributed by atoms with Crippen molar-refractivity contribution in [3.05, 3.63) is 24.3 Å². The Morgan fingerprint density at radius 1 is 1.11 bits per heavy atom. The van der Waals surface area contributed by atoms with Gasteiger partial charge in [-0.15, -0.1) is 0 Å². The molecule has 4 heteroatoms. The highest BCUT2D eigenvalue weighted by Crippen LogP contribution is 2.09. The highest BCUT2D eigenvalue weighted by atomic mass is 15.3. The number of hydrogen-bond acceptors (Lipinski definition) is 3. The molecule has 0 N–H and O–H groups in total. The topological polar surface area (TPSA) is 43.1 Å².